The van der Waals surface area contributed by atoms with Crippen LogP contribution in [0.3, 0.4) is 0 Å². The SMILES string of the molecule is COc1ccc(S(=O)(=O)N2C(=O)[C@@](c3ccccc3OC)(N3C[C@H](OC(=O)C4CCCCC4)C[C@H]3C(=O)N(C)C)c3cc(Cl)ccc32)c(OC)c1. The van der Waals surface area contributed by atoms with E-state index in [1.54, 1.807) is 49.3 Å². The van der Waals surface area contributed by atoms with Gasteiger partial charge in [-0.3, -0.25) is 19.3 Å². The van der Waals surface area contributed by atoms with Gasteiger partial charge in [-0.05, 0) is 49.2 Å². The van der Waals surface area contributed by atoms with Gasteiger partial charge in [0.05, 0.1) is 39.0 Å². The van der Waals surface area contributed by atoms with Crippen molar-refractivity contribution in [2.45, 2.75) is 61.1 Å². The number of ether oxygens (including phenoxy) is 4. The molecule has 3 aromatic carbocycles. The third kappa shape index (κ3) is 6.18. The number of carbonyl (C=O) groups is 3. The van der Waals surface area contributed by atoms with Gasteiger partial charge in [-0.25, -0.2) is 12.7 Å². The van der Waals surface area contributed by atoms with Gasteiger partial charge < -0.3 is 23.8 Å². The lowest BCUT2D eigenvalue weighted by Crippen LogP contribution is -2.59. The molecule has 272 valence electrons. The van der Waals surface area contributed by atoms with Crippen molar-refractivity contribution >= 4 is 45.1 Å². The first kappa shape index (κ1) is 36.5. The number of carbonyl (C=O) groups excluding carboxylic acids is 3. The van der Waals surface area contributed by atoms with Crippen LogP contribution in [-0.4, -0.2) is 90.1 Å². The van der Waals surface area contributed by atoms with Crippen LogP contribution >= 0.6 is 11.6 Å². The fraction of sp³-hybridized carbons (Fsp3) is 0.432. The molecule has 6 rings (SSSR count). The Balaban J connectivity index is 1.58. The average Bonchev–Trinajstić information content (AvgIpc) is 3.67. The van der Waals surface area contributed by atoms with Crippen LogP contribution in [0.4, 0.5) is 5.69 Å². The molecule has 0 bridgehead atoms. The summed E-state index contributed by atoms with van der Waals surface area (Å²) in [6.07, 6.45) is 3.69. The summed E-state index contributed by atoms with van der Waals surface area (Å²) >= 11 is 6.65. The zero-order chi connectivity index (χ0) is 36.7. The molecule has 14 heteroatoms. The van der Waals surface area contributed by atoms with Crippen LogP contribution in [0.2, 0.25) is 5.02 Å². The van der Waals surface area contributed by atoms with Gasteiger partial charge in [0.15, 0.2) is 5.54 Å². The lowest BCUT2D eigenvalue weighted by Gasteiger charge is -2.42. The Labute approximate surface area is 303 Å². The normalized spacial score (nSPS) is 22.4. The summed E-state index contributed by atoms with van der Waals surface area (Å²) < 4.78 is 53.1. The fourth-order valence-corrected chi connectivity index (χ4v) is 9.47. The van der Waals surface area contributed by atoms with Crippen molar-refractivity contribution in [3.8, 4) is 17.2 Å². The van der Waals surface area contributed by atoms with Gasteiger partial charge in [-0.1, -0.05) is 49.1 Å². The number of hydrogen-bond acceptors (Lipinski definition) is 10. The van der Waals surface area contributed by atoms with Gasteiger partial charge in [-0.2, -0.15) is 0 Å². The molecule has 1 saturated carbocycles. The van der Waals surface area contributed by atoms with Crippen molar-refractivity contribution < 1.29 is 41.7 Å². The van der Waals surface area contributed by atoms with Gasteiger partial charge in [0.2, 0.25) is 5.91 Å². The quantitative estimate of drug-likeness (QED) is 0.262. The highest BCUT2D eigenvalue weighted by atomic mass is 35.5. The molecular formula is C37H42ClN3O9S. The molecule has 0 aromatic heterocycles. The standard InChI is InChI=1S/C37H42ClN3O9S/c1-39(2)34(42)30-20-26(50-35(43)23-11-7-6-8-12-23)22-40(30)37(27-13-9-10-14-31(27)48-4)28-19-24(38)15-17-29(28)41(36(37)44)51(45,46)33-18-16-25(47-3)21-32(33)49-5/h9-10,13-19,21,23,26,30H,6-8,11-12,20,22H2,1-5H3/t26-,30+,37+/m1/s1. The number of nitrogens with zero attached hydrogens (tertiary/aromatic N) is 3. The van der Waals surface area contributed by atoms with Gasteiger partial charge in [0, 0.05) is 49.3 Å². The average molecular weight is 740 g/mol. The highest BCUT2D eigenvalue weighted by Crippen LogP contribution is 2.55. The van der Waals surface area contributed by atoms with Gasteiger partial charge >= 0.3 is 5.97 Å². The third-order valence-corrected chi connectivity index (χ3v) is 12.1. The Kier molecular flexibility index (Phi) is 10.3. The monoisotopic (exact) mass is 739 g/mol. The summed E-state index contributed by atoms with van der Waals surface area (Å²) in [5, 5.41) is 0.233. The molecule has 2 amide bonds. The van der Waals surface area contributed by atoms with E-state index in [4.69, 9.17) is 30.5 Å². The third-order valence-electron chi connectivity index (χ3n) is 10.1. The van der Waals surface area contributed by atoms with E-state index in [1.807, 2.05) is 0 Å². The number of halogens is 1. The van der Waals surface area contributed by atoms with Crippen molar-refractivity contribution in [1.82, 2.24) is 9.80 Å². The summed E-state index contributed by atoms with van der Waals surface area (Å²) in [5.41, 5.74) is -1.44. The zero-order valence-corrected chi connectivity index (χ0v) is 30.8. The van der Waals surface area contributed by atoms with Gasteiger partial charge in [-0.15, -0.1) is 0 Å². The number of benzene rings is 3. The topological polar surface area (TPSA) is 132 Å². The Bertz CT molecular complexity index is 1950. The fourth-order valence-electron chi connectivity index (χ4n) is 7.69. The Hall–Kier alpha value is -4.33. The number of likely N-dealkylation sites (N-methyl/N-ethyl adjacent to an activating group) is 1. The number of hydrogen-bond donors (Lipinski definition) is 0. The molecule has 2 aliphatic heterocycles. The zero-order valence-electron chi connectivity index (χ0n) is 29.3. The summed E-state index contributed by atoms with van der Waals surface area (Å²) in [7, 11) is 2.72. The maximum atomic E-state index is 15.6. The molecule has 2 heterocycles. The maximum absolute atomic E-state index is 15.6. The van der Waals surface area contributed by atoms with Crippen LogP contribution in [0.15, 0.2) is 65.6 Å². The van der Waals surface area contributed by atoms with Crippen LogP contribution in [0, 0.1) is 5.92 Å². The van der Waals surface area contributed by atoms with E-state index in [0.717, 1.165) is 36.4 Å². The number of anilines is 1. The maximum Gasteiger partial charge on any atom is 0.309 e. The van der Waals surface area contributed by atoms with Gasteiger partial charge in [0.1, 0.15) is 28.2 Å². The summed E-state index contributed by atoms with van der Waals surface area (Å²) in [5.74, 6) is -1.23. The molecule has 0 unspecified atom stereocenters. The van der Waals surface area contributed by atoms with E-state index in [1.165, 1.54) is 56.6 Å². The second-order valence-corrected chi connectivity index (χ2v) is 15.4. The molecule has 0 spiro atoms. The van der Waals surface area contributed by atoms with Crippen LogP contribution in [0.1, 0.15) is 49.7 Å². The Morgan fingerprint density at radius 2 is 1.59 bits per heavy atom. The van der Waals surface area contributed by atoms with Crippen LogP contribution in [0.5, 0.6) is 17.2 Å². The van der Waals surface area contributed by atoms with Crippen molar-refractivity contribution in [1.29, 1.82) is 0 Å². The number of methoxy groups -OCH3 is 3. The van der Waals surface area contributed by atoms with E-state index in [0.29, 0.717) is 5.75 Å². The number of fused-ring (bicyclic) bond motifs is 1. The molecule has 0 N–H and O–H groups in total. The molecule has 51 heavy (non-hydrogen) atoms. The first-order chi connectivity index (χ1) is 24.4. The molecule has 3 aromatic rings. The van der Waals surface area contributed by atoms with E-state index in [9.17, 15) is 18.0 Å². The molecule has 1 saturated heterocycles. The summed E-state index contributed by atoms with van der Waals surface area (Å²) in [4.78, 5) is 46.0. The number of amides is 2. The number of para-hydroxylation sites is 1. The van der Waals surface area contributed by atoms with Crippen molar-refractivity contribution in [3.63, 3.8) is 0 Å². The molecule has 0 radical (unpaired) electrons. The second-order valence-electron chi connectivity index (χ2n) is 13.2. The van der Waals surface area contributed by atoms with Crippen LogP contribution < -0.4 is 18.5 Å². The number of rotatable bonds is 10. The smallest absolute Gasteiger partial charge is 0.309 e. The molecule has 2 fully saturated rings. The lowest BCUT2D eigenvalue weighted by molar-refractivity contribution is -0.154. The number of likely N-dealkylation sites (tertiary alicyclic amines) is 1. The van der Waals surface area contributed by atoms with Crippen molar-refractivity contribution in [2.75, 3.05) is 46.3 Å². The first-order valence-corrected chi connectivity index (χ1v) is 18.7. The number of sulfonamides is 1. The first-order valence-electron chi connectivity index (χ1n) is 16.8. The molecule has 3 aliphatic rings. The van der Waals surface area contributed by atoms with E-state index in [-0.39, 0.29) is 69.0 Å². The minimum Gasteiger partial charge on any atom is -0.497 e. The van der Waals surface area contributed by atoms with E-state index < -0.39 is 33.6 Å². The highest BCUT2D eigenvalue weighted by molar-refractivity contribution is 7.93. The lowest BCUT2D eigenvalue weighted by atomic mass is 9.80. The molecule has 12 nitrogen and oxygen atoms in total. The highest BCUT2D eigenvalue weighted by Gasteiger charge is 2.64. The molecule has 3 atom stereocenters. The van der Waals surface area contributed by atoms with Crippen LogP contribution in [-0.2, 0) is 34.7 Å². The summed E-state index contributed by atoms with van der Waals surface area (Å²) in [6, 6.07) is 14.5. The van der Waals surface area contributed by atoms with Crippen molar-refractivity contribution in [3.05, 3.63) is 76.8 Å². The van der Waals surface area contributed by atoms with E-state index >= 15 is 4.79 Å². The largest absolute Gasteiger partial charge is 0.497 e. The van der Waals surface area contributed by atoms with Crippen LogP contribution in [0.25, 0.3) is 0 Å². The van der Waals surface area contributed by atoms with E-state index in [2.05, 4.69) is 0 Å². The molecular weight excluding hydrogens is 698 g/mol. The predicted octanol–water partition coefficient (Wildman–Crippen LogP) is 5.00. The predicted molar refractivity (Wildman–Crippen MR) is 190 cm³/mol. The minimum atomic E-state index is -4.70. The number of esters is 1. The summed E-state index contributed by atoms with van der Waals surface area (Å²) in [6.45, 7) is -0.0573. The Morgan fingerprint density at radius 1 is 0.882 bits per heavy atom. The van der Waals surface area contributed by atoms with Gasteiger partial charge in [0.25, 0.3) is 15.9 Å². The Morgan fingerprint density at radius 3 is 2.25 bits per heavy atom. The second kappa shape index (κ2) is 14.4. The van der Waals surface area contributed by atoms with Crippen molar-refractivity contribution in [2.24, 2.45) is 5.92 Å². The molecule has 1 aliphatic carbocycles. The minimum absolute atomic E-state index is 0.0341.